The molecule has 2 bridgehead atoms. The summed E-state index contributed by atoms with van der Waals surface area (Å²) in [5, 5.41) is 56.3. The van der Waals surface area contributed by atoms with E-state index >= 15 is 4.39 Å². The second-order valence-electron chi connectivity index (χ2n) is 24.9. The summed E-state index contributed by atoms with van der Waals surface area (Å²) in [6.07, 6.45) is 11.8. The second-order valence-corrected chi connectivity index (χ2v) is 24.9. The van der Waals surface area contributed by atoms with Gasteiger partial charge < -0.3 is 56.4 Å². The first-order valence-corrected chi connectivity index (χ1v) is 31.4. The van der Waals surface area contributed by atoms with Crippen molar-refractivity contribution in [3.63, 3.8) is 0 Å². The van der Waals surface area contributed by atoms with E-state index in [9.17, 15) is 29.7 Å². The Bertz CT molecular complexity index is 3800. The maximum atomic E-state index is 16.2. The predicted octanol–water partition coefficient (Wildman–Crippen LogP) is 8.36. The highest BCUT2D eigenvalue weighted by atomic mass is 19.1. The minimum atomic E-state index is -1.06. The lowest BCUT2D eigenvalue weighted by molar-refractivity contribution is -0.142. The molecule has 7 aromatic rings. The van der Waals surface area contributed by atoms with E-state index in [1.165, 1.54) is 21.9 Å². The number of nitrogens with two attached hydrogens (primary N) is 1. The van der Waals surface area contributed by atoms with Gasteiger partial charge in [-0.2, -0.15) is 20.2 Å². The fraction of sp³-hybridized carbons (Fsp3) is 0.463. The van der Waals surface area contributed by atoms with E-state index in [-0.39, 0.29) is 67.7 Å². The summed E-state index contributed by atoms with van der Waals surface area (Å²) in [6.45, 7) is 9.73. The Kier molecular flexibility index (Phi) is 17.6. The van der Waals surface area contributed by atoms with Gasteiger partial charge in [-0.15, -0.1) is 0 Å². The topological polar surface area (TPSA) is 275 Å². The van der Waals surface area contributed by atoms with Crippen LogP contribution in [0.2, 0.25) is 0 Å². The number of nitrogens with zero attached hydrogens (tertiary/aromatic N) is 9. The monoisotopic (exact) mass is 1210 g/mol. The molecule has 468 valence electrons. The van der Waals surface area contributed by atoms with Crippen LogP contribution in [0.4, 0.5) is 21.6 Å². The molecule has 5 fully saturated rings. The van der Waals surface area contributed by atoms with Crippen LogP contribution < -0.4 is 30.7 Å². The molecule has 2 aliphatic carbocycles. The van der Waals surface area contributed by atoms with Crippen molar-refractivity contribution in [1.29, 1.82) is 5.41 Å². The fourth-order valence-electron chi connectivity index (χ4n) is 14.1. The first-order valence-electron chi connectivity index (χ1n) is 31.4. The number of aliphatic hydroxyl groups excluding tert-OH is 3. The molecule has 4 aromatic carbocycles. The number of likely N-dealkylation sites (tertiary alicyclic amines) is 2. The Morgan fingerprint density at radius 2 is 1.73 bits per heavy atom. The van der Waals surface area contributed by atoms with Crippen LogP contribution in [0.1, 0.15) is 135 Å². The van der Waals surface area contributed by atoms with Gasteiger partial charge in [0.25, 0.3) is 0 Å². The maximum Gasteiger partial charge on any atom is 0.319 e. The van der Waals surface area contributed by atoms with Gasteiger partial charge in [0.1, 0.15) is 47.6 Å². The number of hydrogen-bond acceptors (Lipinski definition) is 17. The number of amides is 2. The minimum Gasteiger partial charge on any atom is -0.486 e. The third-order valence-electron chi connectivity index (χ3n) is 18.8. The molecule has 8 N–H and O–H groups in total. The van der Waals surface area contributed by atoms with Crippen molar-refractivity contribution in [1.82, 2.24) is 44.6 Å². The van der Waals surface area contributed by atoms with Gasteiger partial charge in [-0.05, 0) is 123 Å². The first kappa shape index (κ1) is 61.0. The smallest absolute Gasteiger partial charge is 0.319 e. The van der Waals surface area contributed by atoms with Gasteiger partial charge in [-0.3, -0.25) is 28.6 Å². The molecule has 12 rings (SSSR count). The van der Waals surface area contributed by atoms with E-state index in [4.69, 9.17) is 35.7 Å². The van der Waals surface area contributed by atoms with Crippen LogP contribution in [0.15, 0.2) is 73.1 Å². The van der Waals surface area contributed by atoms with E-state index in [1.807, 2.05) is 74.0 Å². The highest BCUT2D eigenvalue weighted by Gasteiger charge is 2.46. The zero-order valence-corrected chi connectivity index (χ0v) is 51.2. The number of aryl methyl sites for hydroxylation is 1. The maximum absolute atomic E-state index is 16.2. The van der Waals surface area contributed by atoms with Crippen LogP contribution in [-0.2, 0) is 22.7 Å². The molecule has 6 atom stereocenters. The van der Waals surface area contributed by atoms with Crippen molar-refractivity contribution in [3.05, 3.63) is 112 Å². The Morgan fingerprint density at radius 3 is 2.40 bits per heavy atom. The summed E-state index contributed by atoms with van der Waals surface area (Å²) >= 11 is 0. The predicted molar refractivity (Wildman–Crippen MR) is 338 cm³/mol. The number of carbonyl (C=O) groups excluding carboxylic acids is 3. The molecule has 3 aliphatic heterocycles. The van der Waals surface area contributed by atoms with E-state index in [0.717, 1.165) is 91.5 Å². The van der Waals surface area contributed by atoms with E-state index < -0.39 is 54.4 Å². The lowest BCUT2D eigenvalue weighted by Gasteiger charge is -2.35. The number of aliphatic hydroxyl groups is 3. The first-order chi connectivity index (χ1) is 43.1. The van der Waals surface area contributed by atoms with Crippen molar-refractivity contribution in [2.45, 2.75) is 147 Å². The number of aromatic nitrogens is 6. The average Bonchev–Trinajstić information content (AvgIpc) is 1.82. The zero-order chi connectivity index (χ0) is 62.4. The Morgan fingerprint density at radius 1 is 0.944 bits per heavy atom. The van der Waals surface area contributed by atoms with Crippen LogP contribution in [-0.4, -0.2) is 156 Å². The largest absolute Gasteiger partial charge is 0.486 e. The number of piperazine rings is 1. The van der Waals surface area contributed by atoms with Gasteiger partial charge in [0.2, 0.25) is 11.8 Å². The van der Waals surface area contributed by atoms with Crippen LogP contribution in [0.25, 0.3) is 44.4 Å². The molecule has 89 heavy (non-hydrogen) atoms. The van der Waals surface area contributed by atoms with Crippen molar-refractivity contribution in [3.8, 4) is 45.3 Å². The molecule has 3 aromatic heterocycles. The molecule has 6 heterocycles. The Hall–Kier alpha value is -8.31. The number of benzene rings is 4. The summed E-state index contributed by atoms with van der Waals surface area (Å²) < 4.78 is 33.5. The number of β-amino-alcohol motifs (C(OH)–C–C–N with tert-alkyl or cyclic N) is 2. The molecular weight excluding hydrogens is 1130 g/mol. The molecule has 6 unspecified atom stereocenters. The van der Waals surface area contributed by atoms with Gasteiger partial charge in [-0.25, -0.2) is 4.39 Å². The summed E-state index contributed by atoms with van der Waals surface area (Å²) in [5.74, 6) is -0.683. The number of aldehydes is 1. The number of rotatable bonds is 23. The molecular formula is C67H80FN13O8. The van der Waals surface area contributed by atoms with Gasteiger partial charge >= 0.3 is 6.01 Å². The van der Waals surface area contributed by atoms with Gasteiger partial charge in [0.05, 0.1) is 31.1 Å². The molecule has 5 aliphatic rings. The van der Waals surface area contributed by atoms with E-state index in [2.05, 4.69) is 31.6 Å². The molecule has 0 spiro atoms. The quantitative estimate of drug-likeness (QED) is 0.0180. The molecule has 2 saturated carbocycles. The fourth-order valence-corrected chi connectivity index (χ4v) is 14.1. The SMILES string of the molecule is CCn1nccc1-c1ccc(C(CO)NC(=O)C2CC(O)CN2C(=O)C(C(C)C)n2cc(-c3ccc(COc4c(-c5c(C)c(F)cc(N)c5C=N)c(C5CC5)cc5c(N6CC7CC6CN7CCO)nc(OC6CCCCC6)nc45)cc3NC)c(C=O)n2)cc1. The van der Waals surface area contributed by atoms with Gasteiger partial charge in [-0.1, -0.05) is 56.7 Å². The number of hydrogen-bond donors (Lipinski definition) is 7. The number of anilines is 3. The van der Waals surface area contributed by atoms with E-state index in [0.29, 0.717) is 81.8 Å². The van der Waals surface area contributed by atoms with Crippen LogP contribution in [0.3, 0.4) is 0 Å². The highest BCUT2D eigenvalue weighted by molar-refractivity contribution is 6.05. The summed E-state index contributed by atoms with van der Waals surface area (Å²) in [6, 6.07) is 16.2. The van der Waals surface area contributed by atoms with Crippen molar-refractivity contribution >= 4 is 52.4 Å². The summed E-state index contributed by atoms with van der Waals surface area (Å²) in [4.78, 5) is 58.8. The second kappa shape index (κ2) is 25.7. The van der Waals surface area contributed by atoms with Gasteiger partial charge in [0.15, 0.2) is 12.0 Å². The number of nitrogens with one attached hydrogen (secondary N) is 3. The van der Waals surface area contributed by atoms with Crippen molar-refractivity contribution in [2.75, 3.05) is 62.4 Å². The number of nitrogen functional groups attached to an aromatic ring is 1. The summed E-state index contributed by atoms with van der Waals surface area (Å²) in [7, 11) is 1.76. The van der Waals surface area contributed by atoms with Crippen molar-refractivity contribution in [2.24, 2.45) is 5.92 Å². The average molecular weight is 1210 g/mol. The van der Waals surface area contributed by atoms with Gasteiger partial charge in [0, 0.05) is 121 Å². The normalized spacial score (nSPS) is 20.2. The number of fused-ring (bicyclic) bond motifs is 3. The molecule has 21 nitrogen and oxygen atoms in total. The lowest BCUT2D eigenvalue weighted by Crippen LogP contribution is -2.50. The highest BCUT2D eigenvalue weighted by Crippen LogP contribution is 2.54. The van der Waals surface area contributed by atoms with Crippen molar-refractivity contribution < 1.29 is 43.6 Å². The molecule has 2 amide bonds. The van der Waals surface area contributed by atoms with Crippen LogP contribution >= 0.6 is 0 Å². The number of halogens is 1. The number of ether oxygens (including phenoxy) is 2. The Balaban J connectivity index is 0.870. The van der Waals surface area contributed by atoms with E-state index in [1.54, 1.807) is 26.4 Å². The Labute approximate surface area is 516 Å². The number of carbonyl (C=O) groups is 3. The third-order valence-corrected chi connectivity index (χ3v) is 18.8. The van der Waals surface area contributed by atoms with Crippen LogP contribution in [0, 0.1) is 24.1 Å². The zero-order valence-electron chi connectivity index (χ0n) is 51.2. The third kappa shape index (κ3) is 11.8. The minimum absolute atomic E-state index is 0.00467. The van der Waals surface area contributed by atoms with Crippen LogP contribution in [0.5, 0.6) is 11.8 Å². The summed E-state index contributed by atoms with van der Waals surface area (Å²) in [5.41, 5.74) is 14.8. The standard InChI is InChI=1S/C67H80FN13O8/c1-6-80-57(20-21-72-80)42-17-15-41(16-18-42)55(34-83)73-65(86)58-26-45(85)32-79(58)66(87)62(37(2)3)81-33-51(56(35-84)76-81)47-19-12-39(24-54(47)71-5)36-88-63-60(59-38(4)52(68)28-53(70)50(59)29-69)48(40-13-14-40)27-49-61(63)74-67(89-46-10-8-7-9-11-46)75-64(49)78-31-43-25-44(78)30-77(43)22-23-82/h12,15-21,24,27-29,33,35,37,40,43-46,55,58,62,69,71,82-83,85H,6-11,13-14,22-23,25-26,30-32,34,36,70H2,1-5H3,(H,73,86). The molecule has 22 heteroatoms. The molecule has 0 radical (unpaired) electrons. The molecule has 3 saturated heterocycles. The lowest BCUT2D eigenvalue weighted by atomic mass is 9.87.